The number of carboxylic acids is 2. The van der Waals surface area contributed by atoms with Crippen molar-refractivity contribution >= 4 is 59.2 Å². The summed E-state index contributed by atoms with van der Waals surface area (Å²) < 4.78 is 63.3. The van der Waals surface area contributed by atoms with Gasteiger partial charge in [0.15, 0.2) is 0 Å². The van der Waals surface area contributed by atoms with Crippen LogP contribution in [0.4, 0.5) is 22.0 Å². The number of hydrogen-bond acceptors (Lipinski definition) is 11. The molecule has 0 saturated heterocycles. The Bertz CT molecular complexity index is 2750. The highest BCUT2D eigenvalue weighted by molar-refractivity contribution is 6.12. The molecule has 0 aliphatic carbocycles. The van der Waals surface area contributed by atoms with Crippen molar-refractivity contribution in [3.8, 4) is 11.1 Å². The molecule has 8 amide bonds. The first-order valence-electron chi connectivity index (χ1n) is 26.0. The first kappa shape index (κ1) is 67.2. The van der Waals surface area contributed by atoms with Crippen molar-refractivity contribution in [3.63, 3.8) is 0 Å². The monoisotopic (exact) mass is 1150 g/mol. The lowest BCUT2D eigenvalue weighted by atomic mass is 9.82. The van der Waals surface area contributed by atoms with Crippen molar-refractivity contribution < 1.29 is 80.1 Å². The molecule has 21 nitrogen and oxygen atoms in total. The number of hydrogen-bond donors (Lipinski definition) is 7. The number of benzene rings is 2. The summed E-state index contributed by atoms with van der Waals surface area (Å²) in [6.45, 7) is 11.6. The van der Waals surface area contributed by atoms with Crippen LogP contribution >= 0.6 is 0 Å². The van der Waals surface area contributed by atoms with Gasteiger partial charge in [-0.05, 0) is 73.8 Å². The molecule has 0 radical (unpaired) electrons. The minimum absolute atomic E-state index is 0.0246. The van der Waals surface area contributed by atoms with Gasteiger partial charge in [-0.25, -0.2) is 18.4 Å². The number of halogens is 5. The summed E-state index contributed by atoms with van der Waals surface area (Å²) in [5, 5.41) is 25.2. The summed E-state index contributed by atoms with van der Waals surface area (Å²) in [5.41, 5.74) is 13.1. The van der Waals surface area contributed by atoms with Gasteiger partial charge >= 0.3 is 18.1 Å². The predicted octanol–water partition coefficient (Wildman–Crippen LogP) is 4.56. The minimum atomic E-state index is -5.08. The number of carbonyl (C=O) groups is 10. The number of unbranched alkanes of at least 4 members (excludes halogenated alkanes) is 2. The number of aliphatic carboxylic acids is 2. The molecule has 2 heterocycles. The number of nitrogens with zero attached hydrogens (tertiary/aromatic N) is 4. The molecule has 3 aromatic rings. The van der Waals surface area contributed by atoms with Crippen LogP contribution in [0.2, 0.25) is 0 Å². The molecular formula is C55H72F5N9O12. The van der Waals surface area contributed by atoms with Gasteiger partial charge in [-0.15, -0.1) is 0 Å². The first-order valence-corrected chi connectivity index (χ1v) is 26.0. The van der Waals surface area contributed by atoms with E-state index in [4.69, 9.17) is 21.4 Å². The van der Waals surface area contributed by atoms with Gasteiger partial charge in [-0.3, -0.25) is 43.3 Å². The third-order valence-corrected chi connectivity index (χ3v) is 12.9. The number of rotatable bonds is 28. The van der Waals surface area contributed by atoms with Gasteiger partial charge < -0.3 is 52.0 Å². The van der Waals surface area contributed by atoms with E-state index in [0.29, 0.717) is 37.1 Å². The Kier molecular flexibility index (Phi) is 25.3. The van der Waals surface area contributed by atoms with Crippen LogP contribution in [-0.4, -0.2) is 145 Å². The van der Waals surface area contributed by atoms with E-state index in [-0.39, 0.29) is 50.4 Å². The lowest BCUT2D eigenvalue weighted by Gasteiger charge is -2.41. The number of nitrogens with one attached hydrogen (secondary N) is 3. The fourth-order valence-electron chi connectivity index (χ4n) is 8.81. The van der Waals surface area contributed by atoms with Crippen molar-refractivity contribution in [1.29, 1.82) is 0 Å². The summed E-state index contributed by atoms with van der Waals surface area (Å²) >= 11 is 0. The number of carboxylic acid groups (broad SMARTS) is 2. The minimum Gasteiger partial charge on any atom is -0.480 e. The number of carbonyl (C=O) groups excluding carboxylic acids is 8. The summed E-state index contributed by atoms with van der Waals surface area (Å²) in [4.78, 5) is 128. The zero-order chi connectivity index (χ0) is 61.1. The first-order chi connectivity index (χ1) is 37.7. The van der Waals surface area contributed by atoms with Crippen molar-refractivity contribution in [2.45, 2.75) is 136 Å². The van der Waals surface area contributed by atoms with Crippen molar-refractivity contribution in [3.05, 3.63) is 95.8 Å². The zero-order valence-electron chi connectivity index (χ0n) is 46.2. The normalized spacial score (nSPS) is 14.2. The van der Waals surface area contributed by atoms with E-state index >= 15 is 4.39 Å². The van der Waals surface area contributed by atoms with Crippen LogP contribution in [0.25, 0.3) is 11.1 Å². The molecule has 1 aromatic heterocycles. The molecule has 0 bridgehead atoms. The number of nitrogens with two attached hydrogens (primary N) is 2. The van der Waals surface area contributed by atoms with Gasteiger partial charge in [0.1, 0.15) is 29.8 Å². The molecule has 81 heavy (non-hydrogen) atoms. The highest BCUT2D eigenvalue weighted by Gasteiger charge is 2.39. The SMILES string of the molecule is CC(=O)N(CC[C@H](N)C(=O)NCCN(C(=O)[C@H](C)NC(=O)[C@@H](NC(=O)CCCCCN1C(=O)C=CC1=O)C(C)C)[C@@H](CCC(N)=O)C(=O)O)[C@@H](c1cc(-c2cc(F)ccc2F)cn1Cc1ccccc1)C(C)(C)C.O=C(O)C(F)(F)F. The summed E-state index contributed by atoms with van der Waals surface area (Å²) in [6, 6.07) is 8.41. The van der Waals surface area contributed by atoms with Crippen LogP contribution in [0.1, 0.15) is 111 Å². The Morgan fingerprint density at radius 2 is 1.40 bits per heavy atom. The van der Waals surface area contributed by atoms with Gasteiger partial charge in [-0.2, -0.15) is 13.2 Å². The third kappa shape index (κ3) is 20.9. The quantitative estimate of drug-likeness (QED) is 0.0298. The molecule has 9 N–H and O–H groups in total. The highest BCUT2D eigenvalue weighted by Crippen LogP contribution is 2.41. The fraction of sp³-hybridized carbons (Fsp3) is 0.491. The fourth-order valence-corrected chi connectivity index (χ4v) is 8.81. The van der Waals surface area contributed by atoms with E-state index in [0.717, 1.165) is 33.6 Å². The molecule has 0 fully saturated rings. The lowest BCUT2D eigenvalue weighted by molar-refractivity contribution is -0.192. The molecule has 26 heteroatoms. The zero-order valence-corrected chi connectivity index (χ0v) is 46.2. The third-order valence-electron chi connectivity index (χ3n) is 12.9. The Morgan fingerprint density at radius 1 is 0.778 bits per heavy atom. The Hall–Kier alpha value is -8.03. The summed E-state index contributed by atoms with van der Waals surface area (Å²) in [6.07, 6.45) is -0.407. The molecule has 0 spiro atoms. The molecule has 2 aromatic carbocycles. The number of imide groups is 1. The summed E-state index contributed by atoms with van der Waals surface area (Å²) in [7, 11) is 0. The summed E-state index contributed by atoms with van der Waals surface area (Å²) in [5.74, 6) is -10.7. The van der Waals surface area contributed by atoms with Crippen molar-refractivity contribution in [2.24, 2.45) is 22.8 Å². The van der Waals surface area contributed by atoms with E-state index in [2.05, 4.69) is 16.0 Å². The number of aromatic nitrogens is 1. The number of alkyl halides is 3. The smallest absolute Gasteiger partial charge is 0.480 e. The molecule has 1 aliphatic rings. The number of primary amides is 1. The van der Waals surface area contributed by atoms with Crippen LogP contribution in [0.3, 0.4) is 0 Å². The van der Waals surface area contributed by atoms with E-state index in [1.54, 1.807) is 31.0 Å². The molecule has 444 valence electrons. The number of amides is 8. The Labute approximate surface area is 465 Å². The lowest BCUT2D eigenvalue weighted by Crippen LogP contribution is -2.58. The van der Waals surface area contributed by atoms with Crippen LogP contribution in [-0.2, 0) is 54.5 Å². The van der Waals surface area contributed by atoms with Crippen LogP contribution in [0.15, 0.2) is 72.9 Å². The second kappa shape index (κ2) is 30.5. The van der Waals surface area contributed by atoms with Crippen molar-refractivity contribution in [2.75, 3.05) is 26.2 Å². The van der Waals surface area contributed by atoms with E-state index < -0.39 is 126 Å². The molecule has 4 rings (SSSR count). The second-order valence-corrected chi connectivity index (χ2v) is 20.7. The molecular weight excluding hydrogens is 1070 g/mol. The van der Waals surface area contributed by atoms with Crippen LogP contribution in [0, 0.1) is 23.0 Å². The Balaban J connectivity index is 0.00000230. The van der Waals surface area contributed by atoms with Crippen LogP contribution < -0.4 is 27.4 Å². The van der Waals surface area contributed by atoms with Gasteiger partial charge in [0.05, 0.1) is 12.1 Å². The molecule has 5 atom stereocenters. The van der Waals surface area contributed by atoms with Crippen molar-refractivity contribution in [1.82, 2.24) is 35.2 Å². The highest BCUT2D eigenvalue weighted by atomic mass is 19.4. The van der Waals surface area contributed by atoms with E-state index in [1.807, 2.05) is 55.7 Å². The maximum Gasteiger partial charge on any atom is 0.490 e. The maximum atomic E-state index is 15.2. The standard InChI is InChI=1S/C53H71F2N9O10.C2HF3O2/c1-32(2)47(60-44(67)16-12-9-13-25-64-45(68)21-22-46(64)69)50(71)59-33(3)51(72)63(41(52(73)74)19-20-43(57)66)27-24-58-49(70)40(56)23-26-62(34(4)65)48(53(5,6)7)42-28-36(38-29-37(54)17-18-39(38)55)31-61(42)30-35-14-10-8-11-15-35;3-2(4,5)1(6)7/h8,10-11,14-15,17-18,21-22,28-29,31-33,40-41,47-48H,9,12-13,16,19-20,23-27,30,56H2,1-7H3,(H2,57,66)(H,58,70)(H,59,71)(H,60,67)(H,73,74);(H,6,7)/t33-,40-,41-,47-,48-;/m0./s1. The van der Waals surface area contributed by atoms with E-state index in [1.165, 1.54) is 26.0 Å². The average molecular weight is 1150 g/mol. The van der Waals surface area contributed by atoms with Gasteiger partial charge in [0.25, 0.3) is 11.8 Å². The maximum absolute atomic E-state index is 15.2. The molecule has 0 saturated carbocycles. The topological polar surface area (TPSA) is 314 Å². The molecule has 0 unspecified atom stereocenters. The van der Waals surface area contributed by atoms with Gasteiger partial charge in [0, 0.05) is 87.7 Å². The van der Waals surface area contributed by atoms with E-state index in [9.17, 15) is 65.8 Å². The average Bonchev–Trinajstić information content (AvgIpc) is 4.04. The van der Waals surface area contributed by atoms with Gasteiger partial charge in [0.2, 0.25) is 35.4 Å². The second-order valence-electron chi connectivity index (χ2n) is 20.7. The largest absolute Gasteiger partial charge is 0.490 e. The Morgan fingerprint density at radius 3 is 1.94 bits per heavy atom. The van der Waals surface area contributed by atoms with Gasteiger partial charge in [-0.1, -0.05) is 71.4 Å². The predicted molar refractivity (Wildman–Crippen MR) is 284 cm³/mol. The molecule has 1 aliphatic heterocycles. The van der Waals surface area contributed by atoms with Crippen LogP contribution in [0.5, 0.6) is 0 Å².